The number of ether oxygens (including phenoxy) is 1. The number of carbonyl (C=O) groups excluding carboxylic acids is 1. The molecule has 0 aliphatic carbocycles. The van der Waals surface area contributed by atoms with Gasteiger partial charge >= 0.3 is 0 Å². The largest absolute Gasteiger partial charge is 0.379 e. The highest BCUT2D eigenvalue weighted by Crippen LogP contribution is 2.25. The summed E-state index contributed by atoms with van der Waals surface area (Å²) in [4.78, 5) is 15.5. The summed E-state index contributed by atoms with van der Waals surface area (Å²) in [5, 5.41) is 11.4. The normalized spacial score (nSPS) is 16.0. The molecule has 7 nitrogen and oxygen atoms in total. The minimum absolute atomic E-state index is 0.381. The summed E-state index contributed by atoms with van der Waals surface area (Å²) in [6.45, 7) is 2.85. The van der Waals surface area contributed by atoms with E-state index in [1.807, 2.05) is 40.1 Å². The second kappa shape index (κ2) is 9.16. The van der Waals surface area contributed by atoms with Gasteiger partial charge in [-0.1, -0.05) is 35.9 Å². The summed E-state index contributed by atoms with van der Waals surface area (Å²) in [5.41, 5.74) is 4.13. The number of amides is 1. The average Bonchev–Trinajstić information content (AvgIpc) is 2.73. The molecular weight excluding hydrogens is 368 g/mol. The van der Waals surface area contributed by atoms with Crippen LogP contribution in [0.4, 0.5) is 5.69 Å². The second-order valence-electron chi connectivity index (χ2n) is 6.24. The molecule has 4 N–H and O–H groups in total. The molecule has 1 unspecified atom stereocenters. The maximum Gasteiger partial charge on any atom is 0.265 e. The van der Waals surface area contributed by atoms with Crippen LogP contribution in [-0.2, 0) is 11.3 Å². The van der Waals surface area contributed by atoms with E-state index in [0.29, 0.717) is 43.4 Å². The van der Waals surface area contributed by atoms with Gasteiger partial charge in [0.25, 0.3) is 5.91 Å². The van der Waals surface area contributed by atoms with Gasteiger partial charge in [-0.15, -0.1) is 0 Å². The Morgan fingerprint density at radius 1 is 1.26 bits per heavy atom. The first-order chi connectivity index (χ1) is 13.1. The fourth-order valence-corrected chi connectivity index (χ4v) is 3.26. The van der Waals surface area contributed by atoms with Gasteiger partial charge in [-0.3, -0.25) is 15.1 Å². The van der Waals surface area contributed by atoms with E-state index < -0.39 is 12.3 Å². The summed E-state index contributed by atoms with van der Waals surface area (Å²) in [7, 11) is 0. The Bertz CT molecular complexity index is 769. The number of aliphatic hydroxyl groups is 1. The fourth-order valence-electron chi connectivity index (χ4n) is 3.01. The van der Waals surface area contributed by atoms with E-state index in [4.69, 9.17) is 22.2 Å². The predicted octanol–water partition coefficient (Wildman–Crippen LogP) is 1.56. The van der Waals surface area contributed by atoms with E-state index in [0.717, 1.165) is 11.3 Å². The number of nitrogens with one attached hydrogen (secondary N) is 1. The number of carbonyl (C=O) groups is 1. The first kappa shape index (κ1) is 19.6. The van der Waals surface area contributed by atoms with Gasteiger partial charge in [-0.25, -0.2) is 5.84 Å². The lowest BCUT2D eigenvalue weighted by molar-refractivity contribution is -0.0597. The van der Waals surface area contributed by atoms with Crippen LogP contribution >= 0.6 is 11.6 Å². The molecule has 1 aliphatic rings. The number of rotatable bonds is 6. The van der Waals surface area contributed by atoms with Crippen molar-refractivity contribution in [2.75, 3.05) is 31.2 Å². The lowest BCUT2D eigenvalue weighted by Crippen LogP contribution is -2.52. The minimum Gasteiger partial charge on any atom is -0.379 e. The third kappa shape index (κ3) is 4.77. The topological polar surface area (TPSA) is 91.1 Å². The zero-order valence-corrected chi connectivity index (χ0v) is 15.6. The fraction of sp³-hybridized carbons (Fsp3) is 0.316. The first-order valence-corrected chi connectivity index (χ1v) is 9.09. The summed E-state index contributed by atoms with van der Waals surface area (Å²) in [6.07, 6.45) is -0.820. The minimum atomic E-state index is -0.820. The van der Waals surface area contributed by atoms with E-state index in [1.165, 1.54) is 0 Å². The lowest BCUT2D eigenvalue weighted by atomic mass is 10.1. The Morgan fingerprint density at radius 2 is 1.96 bits per heavy atom. The molecule has 144 valence electrons. The summed E-state index contributed by atoms with van der Waals surface area (Å²) in [5.74, 6) is 4.77. The molecule has 1 aliphatic heterocycles. The number of hydrogen-bond donors (Lipinski definition) is 3. The Kier molecular flexibility index (Phi) is 6.65. The highest BCUT2D eigenvalue weighted by Gasteiger charge is 2.26. The number of benzene rings is 2. The van der Waals surface area contributed by atoms with E-state index in [1.54, 1.807) is 18.2 Å². The second-order valence-corrected chi connectivity index (χ2v) is 6.65. The molecule has 1 atom stereocenters. The van der Waals surface area contributed by atoms with Crippen LogP contribution in [0.2, 0.25) is 5.02 Å². The van der Waals surface area contributed by atoms with Crippen LogP contribution in [-0.4, -0.2) is 48.6 Å². The smallest absolute Gasteiger partial charge is 0.265 e. The van der Waals surface area contributed by atoms with Crippen LogP contribution in [0.15, 0.2) is 48.5 Å². The number of nitrogen functional groups attached to an aromatic ring is 1. The molecule has 1 fully saturated rings. The SMILES string of the molecule is NNC(=O)c1ccc(CN(c2ccccc2)C(O)N2CCOCC2)c(Cl)c1. The summed E-state index contributed by atoms with van der Waals surface area (Å²) in [6, 6.07) is 14.7. The van der Waals surface area contributed by atoms with Crippen molar-refractivity contribution in [3.05, 3.63) is 64.7 Å². The molecule has 3 rings (SSSR count). The Morgan fingerprint density at radius 3 is 2.59 bits per heavy atom. The standard InChI is InChI=1S/C19H23ClN4O3/c20-17-12-14(18(25)22-21)6-7-15(17)13-24(16-4-2-1-3-5-16)19(26)23-8-10-27-11-9-23/h1-7,12,19,26H,8-11,13,21H2,(H,22,25). The van der Waals surface area contributed by atoms with Crippen molar-refractivity contribution in [1.82, 2.24) is 10.3 Å². The number of para-hydroxylation sites is 1. The van der Waals surface area contributed by atoms with E-state index in [2.05, 4.69) is 5.43 Å². The molecule has 1 amide bonds. The molecule has 1 saturated heterocycles. The van der Waals surface area contributed by atoms with Crippen LogP contribution < -0.4 is 16.2 Å². The number of nitrogens with zero attached hydrogens (tertiary/aromatic N) is 2. The summed E-state index contributed by atoms with van der Waals surface area (Å²) < 4.78 is 5.38. The molecule has 0 saturated carbocycles. The zero-order chi connectivity index (χ0) is 19.2. The van der Waals surface area contributed by atoms with E-state index >= 15 is 0 Å². The maximum absolute atomic E-state index is 11.7. The van der Waals surface area contributed by atoms with Gasteiger partial charge in [0.1, 0.15) is 0 Å². The molecular formula is C19H23ClN4O3. The lowest BCUT2D eigenvalue weighted by Gasteiger charge is -2.39. The van der Waals surface area contributed by atoms with Crippen molar-refractivity contribution in [2.45, 2.75) is 12.9 Å². The molecule has 27 heavy (non-hydrogen) atoms. The molecule has 0 bridgehead atoms. The van der Waals surface area contributed by atoms with Gasteiger partial charge in [0.15, 0.2) is 6.35 Å². The molecule has 0 spiro atoms. The Labute approximate surface area is 163 Å². The predicted molar refractivity (Wildman–Crippen MR) is 104 cm³/mol. The van der Waals surface area contributed by atoms with Crippen molar-refractivity contribution < 1.29 is 14.6 Å². The molecule has 1 heterocycles. The number of anilines is 1. The molecule has 2 aromatic rings. The van der Waals surface area contributed by atoms with Gasteiger partial charge < -0.3 is 14.7 Å². The zero-order valence-electron chi connectivity index (χ0n) is 14.8. The summed E-state index contributed by atoms with van der Waals surface area (Å²) >= 11 is 6.39. The van der Waals surface area contributed by atoms with Crippen LogP contribution in [0, 0.1) is 0 Å². The number of hydrogen-bond acceptors (Lipinski definition) is 6. The molecule has 8 heteroatoms. The van der Waals surface area contributed by atoms with Gasteiger partial charge in [0.2, 0.25) is 0 Å². The number of hydrazine groups is 1. The third-order valence-electron chi connectivity index (χ3n) is 4.53. The van der Waals surface area contributed by atoms with E-state index in [9.17, 15) is 9.90 Å². The van der Waals surface area contributed by atoms with E-state index in [-0.39, 0.29) is 0 Å². The van der Waals surface area contributed by atoms with Crippen molar-refractivity contribution in [3.63, 3.8) is 0 Å². The third-order valence-corrected chi connectivity index (χ3v) is 4.88. The first-order valence-electron chi connectivity index (χ1n) is 8.71. The molecule has 0 radical (unpaired) electrons. The van der Waals surface area contributed by atoms with Crippen LogP contribution in [0.1, 0.15) is 15.9 Å². The number of halogens is 1. The van der Waals surface area contributed by atoms with Gasteiger partial charge in [-0.2, -0.15) is 0 Å². The highest BCUT2D eigenvalue weighted by molar-refractivity contribution is 6.31. The van der Waals surface area contributed by atoms with Crippen molar-refractivity contribution in [3.8, 4) is 0 Å². The average molecular weight is 391 g/mol. The Balaban J connectivity index is 1.86. The van der Waals surface area contributed by atoms with Crippen molar-refractivity contribution >= 4 is 23.2 Å². The van der Waals surface area contributed by atoms with Crippen LogP contribution in [0.25, 0.3) is 0 Å². The Hall–Kier alpha value is -2.16. The van der Waals surface area contributed by atoms with Crippen molar-refractivity contribution in [1.29, 1.82) is 0 Å². The van der Waals surface area contributed by atoms with Crippen LogP contribution in [0.3, 0.4) is 0 Å². The highest BCUT2D eigenvalue weighted by atomic mass is 35.5. The quantitative estimate of drug-likeness (QED) is 0.300. The number of aliphatic hydroxyl groups excluding tert-OH is 1. The van der Waals surface area contributed by atoms with Crippen LogP contribution in [0.5, 0.6) is 0 Å². The van der Waals surface area contributed by atoms with Crippen molar-refractivity contribution in [2.24, 2.45) is 5.84 Å². The van der Waals surface area contributed by atoms with Gasteiger partial charge in [-0.05, 0) is 29.8 Å². The number of nitrogens with two attached hydrogens (primary N) is 1. The van der Waals surface area contributed by atoms with Gasteiger partial charge in [0.05, 0.1) is 13.2 Å². The monoisotopic (exact) mass is 390 g/mol. The molecule has 0 aromatic heterocycles. The maximum atomic E-state index is 11.7. The molecule has 2 aromatic carbocycles. The van der Waals surface area contributed by atoms with Gasteiger partial charge in [0, 0.05) is 35.9 Å². The number of morpholine rings is 1.